The Kier molecular flexibility index (Phi) is 3.64. The molecule has 0 atom stereocenters. The molecule has 3 rings (SSSR count). The minimum atomic E-state index is -3.69. The molecule has 0 amide bonds. The van der Waals surface area contributed by atoms with E-state index in [0.29, 0.717) is 5.69 Å². The molecule has 2 heterocycles. The Morgan fingerprint density at radius 3 is 2.50 bits per heavy atom. The minimum Gasteiger partial charge on any atom is -0.278 e. The van der Waals surface area contributed by atoms with Gasteiger partial charge in [0.25, 0.3) is 10.0 Å². The molecule has 6 nitrogen and oxygen atoms in total. The fraction of sp³-hybridized carbons (Fsp3) is 0.0667. The van der Waals surface area contributed by atoms with Gasteiger partial charge in [0.1, 0.15) is 4.90 Å². The molecule has 0 fully saturated rings. The lowest BCUT2D eigenvalue weighted by Gasteiger charge is -2.05. The molecule has 1 N–H and O–H groups in total. The van der Waals surface area contributed by atoms with Gasteiger partial charge in [-0.1, -0.05) is 18.2 Å². The summed E-state index contributed by atoms with van der Waals surface area (Å²) in [5.74, 6) is 0. The minimum absolute atomic E-state index is 0.0944. The second-order valence-corrected chi connectivity index (χ2v) is 6.43. The summed E-state index contributed by atoms with van der Waals surface area (Å²) in [6, 6.07) is 12.7. The van der Waals surface area contributed by atoms with Crippen molar-refractivity contribution >= 4 is 15.7 Å². The second-order valence-electron chi connectivity index (χ2n) is 4.75. The predicted molar refractivity (Wildman–Crippen MR) is 83.3 cm³/mol. The number of nitrogens with zero attached hydrogens (tertiary/aromatic N) is 3. The summed E-state index contributed by atoms with van der Waals surface area (Å²) in [4.78, 5) is 4.16. The molecule has 0 aliphatic carbocycles. The molecule has 0 bridgehead atoms. The summed E-state index contributed by atoms with van der Waals surface area (Å²) in [7, 11) is -3.69. The van der Waals surface area contributed by atoms with Crippen LogP contribution in [-0.2, 0) is 10.0 Å². The fourth-order valence-corrected chi connectivity index (χ4v) is 2.88. The lowest BCUT2D eigenvalue weighted by Crippen LogP contribution is -2.12. The number of para-hydroxylation sites is 1. The van der Waals surface area contributed by atoms with Crippen LogP contribution in [0.25, 0.3) is 5.69 Å². The van der Waals surface area contributed by atoms with Crippen molar-refractivity contribution in [3.8, 4) is 5.69 Å². The van der Waals surface area contributed by atoms with Crippen LogP contribution in [0.5, 0.6) is 0 Å². The van der Waals surface area contributed by atoms with Crippen LogP contribution in [-0.4, -0.2) is 23.2 Å². The Hall–Kier alpha value is -2.67. The van der Waals surface area contributed by atoms with Gasteiger partial charge in [0, 0.05) is 5.69 Å². The van der Waals surface area contributed by atoms with Crippen LogP contribution in [0, 0.1) is 6.92 Å². The first-order chi connectivity index (χ1) is 10.5. The van der Waals surface area contributed by atoms with Crippen molar-refractivity contribution in [3.05, 3.63) is 66.7 Å². The lowest BCUT2D eigenvalue weighted by molar-refractivity contribution is 0.601. The van der Waals surface area contributed by atoms with Gasteiger partial charge in [-0.3, -0.25) is 9.71 Å². The van der Waals surface area contributed by atoms with Gasteiger partial charge in [-0.2, -0.15) is 5.10 Å². The van der Waals surface area contributed by atoms with E-state index in [9.17, 15) is 8.42 Å². The molecule has 0 saturated carbocycles. The number of sulfonamides is 1. The standard InChI is InChI=1S/C15H14N4O2S/c1-12-7-8-13(9-16-12)18-22(20,21)15-10-17-19(11-15)14-5-3-2-4-6-14/h2-11,18H,1H3. The lowest BCUT2D eigenvalue weighted by atomic mass is 10.3. The number of rotatable bonds is 4. The Morgan fingerprint density at radius 1 is 1.05 bits per heavy atom. The van der Waals surface area contributed by atoms with E-state index in [-0.39, 0.29) is 4.90 Å². The average Bonchev–Trinajstić information content (AvgIpc) is 3.01. The average molecular weight is 314 g/mol. The zero-order valence-corrected chi connectivity index (χ0v) is 12.7. The molecular formula is C15H14N4O2S. The maximum Gasteiger partial charge on any atom is 0.265 e. The number of benzene rings is 1. The monoisotopic (exact) mass is 314 g/mol. The summed E-state index contributed by atoms with van der Waals surface area (Å²) in [6.07, 6.45) is 4.27. The molecule has 1 aromatic carbocycles. The maximum atomic E-state index is 12.3. The van der Waals surface area contributed by atoms with Crippen LogP contribution in [0.2, 0.25) is 0 Å². The zero-order valence-electron chi connectivity index (χ0n) is 11.8. The Morgan fingerprint density at radius 2 is 1.82 bits per heavy atom. The van der Waals surface area contributed by atoms with Crippen molar-refractivity contribution in [3.63, 3.8) is 0 Å². The normalized spacial score (nSPS) is 11.3. The SMILES string of the molecule is Cc1ccc(NS(=O)(=O)c2cnn(-c3ccccc3)c2)cn1. The van der Waals surface area contributed by atoms with Crippen molar-refractivity contribution in [1.29, 1.82) is 0 Å². The van der Waals surface area contributed by atoms with Gasteiger partial charge in [0.05, 0.1) is 30.0 Å². The third-order valence-electron chi connectivity index (χ3n) is 3.05. The van der Waals surface area contributed by atoms with Gasteiger partial charge < -0.3 is 0 Å². The highest BCUT2D eigenvalue weighted by Crippen LogP contribution is 2.16. The number of hydrogen-bond donors (Lipinski definition) is 1. The van der Waals surface area contributed by atoms with E-state index in [2.05, 4.69) is 14.8 Å². The van der Waals surface area contributed by atoms with Gasteiger partial charge in [-0.15, -0.1) is 0 Å². The van der Waals surface area contributed by atoms with Crippen molar-refractivity contribution in [1.82, 2.24) is 14.8 Å². The first kappa shape index (κ1) is 14.3. The van der Waals surface area contributed by atoms with E-state index >= 15 is 0 Å². The highest BCUT2D eigenvalue weighted by Gasteiger charge is 2.17. The molecule has 2 aromatic heterocycles. The second kappa shape index (κ2) is 5.61. The number of aryl methyl sites for hydroxylation is 1. The van der Waals surface area contributed by atoms with Crippen molar-refractivity contribution in [2.24, 2.45) is 0 Å². The first-order valence-electron chi connectivity index (χ1n) is 6.60. The molecule has 0 aliphatic rings. The molecule has 7 heteroatoms. The quantitative estimate of drug-likeness (QED) is 0.802. The highest BCUT2D eigenvalue weighted by atomic mass is 32.2. The third kappa shape index (κ3) is 2.99. The molecule has 22 heavy (non-hydrogen) atoms. The predicted octanol–water partition coefficient (Wildman–Crippen LogP) is 2.38. The van der Waals surface area contributed by atoms with Gasteiger partial charge in [-0.05, 0) is 31.2 Å². The van der Waals surface area contributed by atoms with E-state index in [1.165, 1.54) is 23.3 Å². The number of pyridine rings is 1. The summed E-state index contributed by atoms with van der Waals surface area (Å²) in [6.45, 7) is 1.84. The van der Waals surface area contributed by atoms with Gasteiger partial charge in [0.15, 0.2) is 0 Å². The van der Waals surface area contributed by atoms with E-state index in [1.54, 1.807) is 12.1 Å². The molecule has 0 spiro atoms. The van der Waals surface area contributed by atoms with E-state index in [4.69, 9.17) is 0 Å². The van der Waals surface area contributed by atoms with E-state index in [1.807, 2.05) is 37.3 Å². The fourth-order valence-electron chi connectivity index (χ4n) is 1.91. The Bertz CT molecular complexity index is 871. The van der Waals surface area contributed by atoms with Crippen LogP contribution in [0.1, 0.15) is 5.69 Å². The maximum absolute atomic E-state index is 12.3. The summed E-state index contributed by atoms with van der Waals surface area (Å²) >= 11 is 0. The van der Waals surface area contributed by atoms with Gasteiger partial charge >= 0.3 is 0 Å². The smallest absolute Gasteiger partial charge is 0.265 e. The summed E-state index contributed by atoms with van der Waals surface area (Å²) < 4.78 is 28.7. The van der Waals surface area contributed by atoms with Crippen molar-refractivity contribution in [2.75, 3.05) is 4.72 Å². The molecule has 0 unspecified atom stereocenters. The molecule has 112 valence electrons. The summed E-state index contributed by atoms with van der Waals surface area (Å²) in [5.41, 5.74) is 2.03. The van der Waals surface area contributed by atoms with Crippen LogP contribution in [0.15, 0.2) is 66.0 Å². The Balaban J connectivity index is 1.87. The first-order valence-corrected chi connectivity index (χ1v) is 8.08. The summed E-state index contributed by atoms with van der Waals surface area (Å²) in [5, 5.41) is 4.09. The number of hydrogen-bond acceptors (Lipinski definition) is 4. The zero-order chi connectivity index (χ0) is 15.6. The van der Waals surface area contributed by atoms with Crippen LogP contribution < -0.4 is 4.72 Å². The van der Waals surface area contributed by atoms with Crippen molar-refractivity contribution in [2.45, 2.75) is 11.8 Å². The molecule has 0 radical (unpaired) electrons. The number of nitrogens with one attached hydrogen (secondary N) is 1. The largest absolute Gasteiger partial charge is 0.278 e. The molecular weight excluding hydrogens is 300 g/mol. The Labute approximate surface area is 128 Å². The topological polar surface area (TPSA) is 76.9 Å². The molecule has 0 saturated heterocycles. The van der Waals surface area contributed by atoms with Crippen molar-refractivity contribution < 1.29 is 8.42 Å². The van der Waals surface area contributed by atoms with Crippen LogP contribution in [0.3, 0.4) is 0 Å². The van der Waals surface area contributed by atoms with Crippen LogP contribution >= 0.6 is 0 Å². The molecule has 0 aliphatic heterocycles. The highest BCUT2D eigenvalue weighted by molar-refractivity contribution is 7.92. The number of aromatic nitrogens is 3. The van der Waals surface area contributed by atoms with E-state index < -0.39 is 10.0 Å². The van der Waals surface area contributed by atoms with Gasteiger partial charge in [0.2, 0.25) is 0 Å². The molecule has 3 aromatic rings. The number of anilines is 1. The van der Waals surface area contributed by atoms with Crippen LogP contribution in [0.4, 0.5) is 5.69 Å². The van der Waals surface area contributed by atoms with E-state index in [0.717, 1.165) is 11.4 Å². The van der Waals surface area contributed by atoms with Gasteiger partial charge in [-0.25, -0.2) is 13.1 Å². The third-order valence-corrected chi connectivity index (χ3v) is 4.39.